The van der Waals surface area contributed by atoms with Crippen molar-refractivity contribution >= 4 is 62.3 Å². The van der Waals surface area contributed by atoms with Crippen LogP contribution in [0.1, 0.15) is 0 Å². The van der Waals surface area contributed by atoms with Crippen LogP contribution in [0.15, 0.2) is 22.7 Å². The van der Waals surface area contributed by atoms with Crippen LogP contribution in [-0.2, 0) is 0 Å². The Morgan fingerprint density at radius 1 is 0.789 bits per heavy atom. The Balaban J connectivity index is 2.20. The van der Waals surface area contributed by atoms with E-state index in [1.54, 1.807) is 18.2 Å². The Hall–Kier alpha value is -0.320. The van der Waals surface area contributed by atoms with E-state index in [-0.39, 0.29) is 5.02 Å². The van der Waals surface area contributed by atoms with Gasteiger partial charge in [-0.2, -0.15) is 0 Å². The van der Waals surface area contributed by atoms with E-state index >= 15 is 0 Å². The number of rotatable bonds is 0. The summed E-state index contributed by atoms with van der Waals surface area (Å²) in [5.41, 5.74) is 0. The Morgan fingerprint density at radius 2 is 1.47 bits per heavy atom. The zero-order valence-corrected chi connectivity index (χ0v) is 13.5. The van der Waals surface area contributed by atoms with Gasteiger partial charge in [-0.15, -0.1) is 0 Å². The number of ether oxygens (including phenoxy) is 2. The van der Waals surface area contributed by atoms with E-state index in [1.807, 2.05) is 0 Å². The zero-order valence-electron chi connectivity index (χ0n) is 8.94. The van der Waals surface area contributed by atoms with Crippen LogP contribution in [-0.4, -0.2) is 0 Å². The molecule has 1 aliphatic rings. The van der Waals surface area contributed by atoms with Crippen LogP contribution in [0.4, 0.5) is 0 Å². The molecule has 1 aliphatic heterocycles. The molecule has 19 heavy (non-hydrogen) atoms. The van der Waals surface area contributed by atoms with Crippen molar-refractivity contribution < 1.29 is 9.47 Å². The predicted octanol–water partition coefficient (Wildman–Crippen LogP) is 6.96. The standard InChI is InChI=1S/C12H3BrCl4O2/c13-8-5(15)3-7-12(10(8)17)19-11-6(18-7)2-1-4(14)9(11)16/h1-3H. The Bertz CT molecular complexity index is 703. The highest BCUT2D eigenvalue weighted by atomic mass is 79.9. The fraction of sp³-hybridized carbons (Fsp3) is 0. The second kappa shape index (κ2) is 4.90. The fourth-order valence-electron chi connectivity index (χ4n) is 1.64. The van der Waals surface area contributed by atoms with Crippen LogP contribution in [0.5, 0.6) is 23.0 Å². The molecule has 2 nitrogen and oxygen atoms in total. The minimum absolute atomic E-state index is 0.270. The summed E-state index contributed by atoms with van der Waals surface area (Å²) in [6, 6.07) is 4.90. The van der Waals surface area contributed by atoms with Gasteiger partial charge < -0.3 is 9.47 Å². The smallest absolute Gasteiger partial charge is 0.190 e. The van der Waals surface area contributed by atoms with Crippen LogP contribution >= 0.6 is 62.3 Å². The molecule has 0 radical (unpaired) electrons. The lowest BCUT2D eigenvalue weighted by molar-refractivity contribution is 0.360. The first-order chi connectivity index (χ1) is 8.99. The third-order valence-electron chi connectivity index (χ3n) is 2.52. The van der Waals surface area contributed by atoms with Crippen LogP contribution in [0.3, 0.4) is 0 Å². The highest BCUT2D eigenvalue weighted by Crippen LogP contribution is 2.55. The van der Waals surface area contributed by atoms with Crippen molar-refractivity contribution in [1.29, 1.82) is 0 Å². The van der Waals surface area contributed by atoms with Gasteiger partial charge >= 0.3 is 0 Å². The minimum atomic E-state index is 0.270. The maximum atomic E-state index is 6.16. The zero-order chi connectivity index (χ0) is 13.7. The molecule has 0 saturated carbocycles. The highest BCUT2D eigenvalue weighted by molar-refractivity contribution is 9.10. The Kier molecular flexibility index (Phi) is 3.52. The first-order valence-electron chi connectivity index (χ1n) is 5.00. The van der Waals surface area contributed by atoms with Gasteiger partial charge in [-0.05, 0) is 28.1 Å². The summed E-state index contributed by atoms with van der Waals surface area (Å²) in [7, 11) is 0. The molecule has 7 heteroatoms. The average Bonchev–Trinajstić information content (AvgIpc) is 2.39. The highest BCUT2D eigenvalue weighted by Gasteiger charge is 2.27. The van der Waals surface area contributed by atoms with Crippen molar-refractivity contribution in [3.63, 3.8) is 0 Å². The second-order valence-corrected chi connectivity index (χ2v) is 6.07. The second-order valence-electron chi connectivity index (χ2n) is 3.71. The molecule has 0 atom stereocenters. The molecule has 0 saturated heterocycles. The molecule has 0 aliphatic carbocycles. The van der Waals surface area contributed by atoms with Crippen LogP contribution in [0.25, 0.3) is 0 Å². The maximum absolute atomic E-state index is 6.16. The molecule has 3 rings (SSSR count). The van der Waals surface area contributed by atoms with E-state index in [2.05, 4.69) is 15.9 Å². The maximum Gasteiger partial charge on any atom is 0.190 e. The average molecular weight is 401 g/mol. The number of benzene rings is 2. The third kappa shape index (κ3) is 2.18. The molecule has 0 unspecified atom stereocenters. The van der Waals surface area contributed by atoms with E-state index < -0.39 is 0 Å². The van der Waals surface area contributed by atoms with Gasteiger partial charge in [-0.25, -0.2) is 0 Å². The molecule has 0 aromatic heterocycles. The quantitative estimate of drug-likeness (QED) is 0.380. The number of halogens is 5. The van der Waals surface area contributed by atoms with Gasteiger partial charge in [0.1, 0.15) is 10.0 Å². The first-order valence-corrected chi connectivity index (χ1v) is 7.30. The van der Waals surface area contributed by atoms with E-state index in [4.69, 9.17) is 55.9 Å². The monoisotopic (exact) mass is 398 g/mol. The van der Waals surface area contributed by atoms with Gasteiger partial charge in [0.25, 0.3) is 0 Å². The van der Waals surface area contributed by atoms with Crippen LogP contribution in [0, 0.1) is 0 Å². The van der Waals surface area contributed by atoms with E-state index in [9.17, 15) is 0 Å². The topological polar surface area (TPSA) is 18.5 Å². The van der Waals surface area contributed by atoms with E-state index in [0.717, 1.165) is 0 Å². The molecule has 0 N–H and O–H groups in total. The van der Waals surface area contributed by atoms with Crippen LogP contribution < -0.4 is 9.47 Å². The first kappa shape index (κ1) is 13.7. The number of hydrogen-bond donors (Lipinski definition) is 0. The number of fused-ring (bicyclic) bond motifs is 2. The van der Waals surface area contributed by atoms with Crippen molar-refractivity contribution in [2.75, 3.05) is 0 Å². The summed E-state index contributed by atoms with van der Waals surface area (Å²) in [6.07, 6.45) is 0. The molecule has 98 valence electrons. The van der Waals surface area contributed by atoms with Gasteiger partial charge in [0.05, 0.1) is 14.5 Å². The summed E-state index contributed by atoms with van der Waals surface area (Å²) in [4.78, 5) is 0. The van der Waals surface area contributed by atoms with Crippen molar-refractivity contribution in [3.05, 3.63) is 42.8 Å². The summed E-state index contributed by atoms with van der Waals surface area (Å²) < 4.78 is 11.9. The number of hydrogen-bond acceptors (Lipinski definition) is 2. The van der Waals surface area contributed by atoms with Gasteiger partial charge in [0.15, 0.2) is 23.0 Å². The molecule has 0 bridgehead atoms. The normalized spacial score (nSPS) is 12.3. The lowest BCUT2D eigenvalue weighted by atomic mass is 10.2. The molecule has 0 fully saturated rings. The summed E-state index contributed by atoms with van der Waals surface area (Å²) in [5, 5.41) is 1.38. The van der Waals surface area contributed by atoms with Crippen molar-refractivity contribution in [2.24, 2.45) is 0 Å². The lowest BCUT2D eigenvalue weighted by Gasteiger charge is -2.23. The van der Waals surface area contributed by atoms with E-state index in [1.165, 1.54) is 0 Å². The predicted molar refractivity (Wildman–Crippen MR) is 80.8 cm³/mol. The molecule has 0 amide bonds. The fourth-order valence-corrected chi connectivity index (χ4v) is 2.75. The van der Waals surface area contributed by atoms with Gasteiger partial charge in [-0.1, -0.05) is 46.4 Å². The van der Waals surface area contributed by atoms with E-state index in [0.29, 0.717) is 42.5 Å². The van der Waals surface area contributed by atoms with Gasteiger partial charge in [0, 0.05) is 6.07 Å². The van der Waals surface area contributed by atoms with Crippen molar-refractivity contribution in [3.8, 4) is 23.0 Å². The third-order valence-corrected chi connectivity index (χ3v) is 5.25. The Labute approximate surface area is 137 Å². The van der Waals surface area contributed by atoms with Gasteiger partial charge in [-0.3, -0.25) is 0 Å². The Morgan fingerprint density at radius 3 is 2.21 bits per heavy atom. The molecule has 0 spiro atoms. The molecular weight excluding hydrogens is 398 g/mol. The van der Waals surface area contributed by atoms with Crippen molar-refractivity contribution in [1.82, 2.24) is 0 Å². The molecule has 2 aromatic carbocycles. The van der Waals surface area contributed by atoms with Crippen molar-refractivity contribution in [2.45, 2.75) is 0 Å². The lowest BCUT2D eigenvalue weighted by Crippen LogP contribution is -2.00. The molecule has 2 aromatic rings. The molecular formula is C12H3BrCl4O2. The SMILES string of the molecule is Clc1ccc2c(c1Cl)Oc1c(cc(Cl)c(Br)c1Cl)O2. The minimum Gasteiger partial charge on any atom is -0.449 e. The summed E-state index contributed by atoms with van der Waals surface area (Å²) >= 11 is 27.5. The van der Waals surface area contributed by atoms with Crippen LogP contribution in [0.2, 0.25) is 20.1 Å². The summed E-state index contributed by atoms with van der Waals surface area (Å²) in [5.74, 6) is 1.55. The summed E-state index contributed by atoms with van der Waals surface area (Å²) in [6.45, 7) is 0. The van der Waals surface area contributed by atoms with Gasteiger partial charge in [0.2, 0.25) is 0 Å². The largest absolute Gasteiger partial charge is 0.449 e. The molecule has 1 heterocycles.